The SMILES string of the molecule is Cc1ncccc1-c1cccc(-c2nc(-c3ccc4ccccc4c3)nc(-c3ccc4ccccc4c3)n2)c1. The Hall–Kier alpha value is -5.22. The molecule has 0 atom stereocenters. The van der Waals surface area contributed by atoms with Crippen LogP contribution >= 0.6 is 0 Å². The first-order valence-electron chi connectivity index (χ1n) is 13.0. The highest BCUT2D eigenvalue weighted by molar-refractivity contribution is 5.88. The monoisotopic (exact) mass is 500 g/mol. The third kappa shape index (κ3) is 4.42. The van der Waals surface area contributed by atoms with E-state index in [0.717, 1.165) is 44.3 Å². The highest BCUT2D eigenvalue weighted by atomic mass is 15.0. The molecule has 0 N–H and O–H groups in total. The molecule has 0 aliphatic heterocycles. The molecule has 4 nitrogen and oxygen atoms in total. The van der Waals surface area contributed by atoms with Crippen molar-refractivity contribution in [1.82, 2.24) is 19.9 Å². The first-order chi connectivity index (χ1) is 19.2. The molecule has 0 amide bonds. The summed E-state index contributed by atoms with van der Waals surface area (Å²) < 4.78 is 0. The van der Waals surface area contributed by atoms with Crippen LogP contribution < -0.4 is 0 Å². The summed E-state index contributed by atoms with van der Waals surface area (Å²) in [5.74, 6) is 1.94. The zero-order valence-corrected chi connectivity index (χ0v) is 21.4. The topological polar surface area (TPSA) is 51.6 Å². The summed E-state index contributed by atoms with van der Waals surface area (Å²) >= 11 is 0. The van der Waals surface area contributed by atoms with E-state index in [1.54, 1.807) is 0 Å². The van der Waals surface area contributed by atoms with Crippen molar-refractivity contribution in [2.45, 2.75) is 6.92 Å². The fraction of sp³-hybridized carbons (Fsp3) is 0.0286. The van der Waals surface area contributed by atoms with E-state index < -0.39 is 0 Å². The Morgan fingerprint density at radius 3 is 1.49 bits per heavy atom. The van der Waals surface area contributed by atoms with Crippen LogP contribution in [0.3, 0.4) is 0 Å². The normalized spacial score (nSPS) is 11.2. The lowest BCUT2D eigenvalue weighted by Gasteiger charge is -2.11. The van der Waals surface area contributed by atoms with E-state index in [-0.39, 0.29) is 0 Å². The van der Waals surface area contributed by atoms with Crippen LogP contribution in [0.1, 0.15) is 5.69 Å². The quantitative estimate of drug-likeness (QED) is 0.243. The van der Waals surface area contributed by atoms with Gasteiger partial charge in [-0.25, -0.2) is 15.0 Å². The lowest BCUT2D eigenvalue weighted by atomic mass is 10.0. The molecule has 0 aliphatic rings. The minimum absolute atomic E-state index is 0.639. The van der Waals surface area contributed by atoms with Crippen molar-refractivity contribution < 1.29 is 0 Å². The van der Waals surface area contributed by atoms with Gasteiger partial charge in [-0.1, -0.05) is 97.1 Å². The van der Waals surface area contributed by atoms with Crippen LogP contribution in [0.4, 0.5) is 0 Å². The molecule has 5 aromatic carbocycles. The lowest BCUT2D eigenvalue weighted by Crippen LogP contribution is -2.00. The van der Waals surface area contributed by atoms with Gasteiger partial charge in [0.15, 0.2) is 17.5 Å². The van der Waals surface area contributed by atoms with Crippen LogP contribution in [0, 0.1) is 6.92 Å². The van der Waals surface area contributed by atoms with Crippen molar-refractivity contribution >= 4 is 21.5 Å². The number of rotatable bonds is 4. The van der Waals surface area contributed by atoms with Gasteiger partial charge in [0.2, 0.25) is 0 Å². The Bertz CT molecular complexity index is 1900. The van der Waals surface area contributed by atoms with Crippen molar-refractivity contribution in [2.24, 2.45) is 0 Å². The second-order valence-electron chi connectivity index (χ2n) is 9.65. The van der Waals surface area contributed by atoms with Gasteiger partial charge < -0.3 is 0 Å². The molecule has 0 bridgehead atoms. The lowest BCUT2D eigenvalue weighted by molar-refractivity contribution is 1.07. The maximum Gasteiger partial charge on any atom is 0.164 e. The van der Waals surface area contributed by atoms with E-state index in [0.29, 0.717) is 17.5 Å². The standard InChI is InChI=1S/C35H24N4/c1-23-32(14-7-19-36-23)28-12-6-13-29(22-28)33-37-34(30-17-15-24-8-2-4-10-26(24)20-30)39-35(38-33)31-18-16-25-9-3-5-11-27(25)21-31/h2-22H,1H3. The molecule has 7 aromatic rings. The number of fused-ring (bicyclic) bond motifs is 2. The van der Waals surface area contributed by atoms with Crippen molar-refractivity contribution in [3.8, 4) is 45.3 Å². The van der Waals surface area contributed by atoms with Crippen molar-refractivity contribution in [3.63, 3.8) is 0 Å². The molecule has 184 valence electrons. The van der Waals surface area contributed by atoms with Crippen LogP contribution in [0.5, 0.6) is 0 Å². The zero-order valence-electron chi connectivity index (χ0n) is 21.4. The van der Waals surface area contributed by atoms with E-state index >= 15 is 0 Å². The molecule has 39 heavy (non-hydrogen) atoms. The summed E-state index contributed by atoms with van der Waals surface area (Å²) in [6, 6.07) is 41.8. The molecular formula is C35H24N4. The Kier molecular flexibility index (Phi) is 5.64. The molecule has 2 heterocycles. The largest absolute Gasteiger partial charge is 0.261 e. The van der Waals surface area contributed by atoms with Gasteiger partial charge in [-0.2, -0.15) is 0 Å². The molecule has 0 saturated heterocycles. The van der Waals surface area contributed by atoms with Crippen LogP contribution in [0.15, 0.2) is 128 Å². The van der Waals surface area contributed by atoms with Gasteiger partial charge in [-0.05, 0) is 58.3 Å². The van der Waals surface area contributed by atoms with Crippen LogP contribution in [0.2, 0.25) is 0 Å². The van der Waals surface area contributed by atoms with Gasteiger partial charge in [0, 0.05) is 34.1 Å². The third-order valence-corrected chi connectivity index (χ3v) is 7.09. The van der Waals surface area contributed by atoms with Crippen molar-refractivity contribution in [3.05, 3.63) is 133 Å². The predicted molar refractivity (Wildman–Crippen MR) is 159 cm³/mol. The third-order valence-electron chi connectivity index (χ3n) is 7.09. The van der Waals surface area contributed by atoms with Crippen molar-refractivity contribution in [1.29, 1.82) is 0 Å². The van der Waals surface area contributed by atoms with Gasteiger partial charge in [-0.15, -0.1) is 0 Å². The highest BCUT2D eigenvalue weighted by Crippen LogP contribution is 2.30. The zero-order chi connectivity index (χ0) is 26.2. The number of aryl methyl sites for hydroxylation is 1. The Morgan fingerprint density at radius 1 is 0.410 bits per heavy atom. The highest BCUT2D eigenvalue weighted by Gasteiger charge is 2.14. The molecule has 2 aromatic heterocycles. The average molecular weight is 501 g/mol. The van der Waals surface area contributed by atoms with Gasteiger partial charge in [0.25, 0.3) is 0 Å². The predicted octanol–water partition coefficient (Wildman–Crippen LogP) is 8.55. The Labute approximate surface area is 226 Å². The van der Waals surface area contributed by atoms with E-state index in [2.05, 4.69) is 114 Å². The van der Waals surface area contributed by atoms with E-state index in [4.69, 9.17) is 15.0 Å². The fourth-order valence-corrected chi connectivity index (χ4v) is 5.04. The summed E-state index contributed by atoms with van der Waals surface area (Å²) in [6.07, 6.45) is 1.82. The van der Waals surface area contributed by atoms with Gasteiger partial charge >= 0.3 is 0 Å². The number of pyridine rings is 1. The summed E-state index contributed by atoms with van der Waals surface area (Å²) in [5, 5.41) is 4.67. The smallest absolute Gasteiger partial charge is 0.164 e. The molecule has 0 spiro atoms. The first-order valence-corrected chi connectivity index (χ1v) is 13.0. The fourth-order valence-electron chi connectivity index (χ4n) is 5.04. The minimum Gasteiger partial charge on any atom is -0.261 e. The van der Waals surface area contributed by atoms with Gasteiger partial charge in [0.1, 0.15) is 0 Å². The maximum atomic E-state index is 4.99. The number of nitrogens with zero attached hydrogens (tertiary/aromatic N) is 4. The number of aromatic nitrogens is 4. The molecule has 4 heteroatoms. The van der Waals surface area contributed by atoms with Gasteiger partial charge in [0.05, 0.1) is 0 Å². The second kappa shape index (κ2) is 9.58. The van der Waals surface area contributed by atoms with Gasteiger partial charge in [-0.3, -0.25) is 4.98 Å². The molecule has 7 rings (SSSR count). The van der Waals surface area contributed by atoms with Crippen LogP contribution in [0.25, 0.3) is 66.8 Å². The maximum absolute atomic E-state index is 4.99. The van der Waals surface area contributed by atoms with E-state index in [1.807, 2.05) is 25.3 Å². The van der Waals surface area contributed by atoms with E-state index in [1.165, 1.54) is 10.8 Å². The van der Waals surface area contributed by atoms with E-state index in [9.17, 15) is 0 Å². The molecule has 0 saturated carbocycles. The average Bonchev–Trinajstić information content (AvgIpc) is 3.00. The number of hydrogen-bond donors (Lipinski definition) is 0. The summed E-state index contributed by atoms with van der Waals surface area (Å²) in [6.45, 7) is 2.03. The molecular weight excluding hydrogens is 476 g/mol. The molecule has 0 radical (unpaired) electrons. The molecule has 0 unspecified atom stereocenters. The summed E-state index contributed by atoms with van der Waals surface area (Å²) in [7, 11) is 0. The number of benzene rings is 5. The Balaban J connectivity index is 1.42. The summed E-state index contributed by atoms with van der Waals surface area (Å²) in [4.78, 5) is 19.4. The summed E-state index contributed by atoms with van der Waals surface area (Å²) in [5.41, 5.74) is 6.01. The number of hydrogen-bond acceptors (Lipinski definition) is 4. The van der Waals surface area contributed by atoms with Crippen LogP contribution in [-0.4, -0.2) is 19.9 Å². The second-order valence-corrected chi connectivity index (χ2v) is 9.65. The molecule has 0 fully saturated rings. The minimum atomic E-state index is 0.639. The molecule has 0 aliphatic carbocycles. The van der Waals surface area contributed by atoms with Crippen molar-refractivity contribution in [2.75, 3.05) is 0 Å². The first kappa shape index (κ1) is 22.9. The Morgan fingerprint density at radius 2 is 0.923 bits per heavy atom. The van der Waals surface area contributed by atoms with Crippen LogP contribution in [-0.2, 0) is 0 Å².